The van der Waals surface area contributed by atoms with E-state index in [0.717, 1.165) is 19.6 Å². The molecule has 2 rings (SSSR count). The molecule has 4 heteroatoms. The molecule has 3 atom stereocenters. The summed E-state index contributed by atoms with van der Waals surface area (Å²) in [4.78, 5) is 13.4. The molecule has 3 N–H and O–H groups in total. The summed E-state index contributed by atoms with van der Waals surface area (Å²) >= 11 is 0. The standard InChI is InChI=1S/C12H23N3O/c1-9(12(13)16)15-7-3-4-10(8-15)11-5-2-6-14-11/h9-11,14H,2-8H2,1H3,(H2,13,16). The van der Waals surface area contributed by atoms with Crippen LogP contribution in [0.5, 0.6) is 0 Å². The Morgan fingerprint density at radius 1 is 1.44 bits per heavy atom. The summed E-state index contributed by atoms with van der Waals surface area (Å²) in [5.41, 5.74) is 5.37. The maximum Gasteiger partial charge on any atom is 0.234 e. The van der Waals surface area contributed by atoms with Crippen molar-refractivity contribution in [2.75, 3.05) is 19.6 Å². The van der Waals surface area contributed by atoms with Crippen LogP contribution in [0.1, 0.15) is 32.6 Å². The number of carbonyl (C=O) groups excluding carboxylic acids is 1. The van der Waals surface area contributed by atoms with Crippen molar-refractivity contribution in [3.05, 3.63) is 0 Å². The number of hydrogen-bond acceptors (Lipinski definition) is 3. The van der Waals surface area contributed by atoms with E-state index in [2.05, 4.69) is 10.2 Å². The van der Waals surface area contributed by atoms with E-state index in [1.54, 1.807) is 0 Å². The second-order valence-electron chi connectivity index (χ2n) is 5.18. The van der Waals surface area contributed by atoms with Gasteiger partial charge >= 0.3 is 0 Å². The predicted octanol–water partition coefficient (Wildman–Crippen LogP) is 0.324. The normalized spacial score (nSPS) is 33.8. The van der Waals surface area contributed by atoms with Gasteiger partial charge in [0.2, 0.25) is 5.91 Å². The Labute approximate surface area is 97.6 Å². The summed E-state index contributed by atoms with van der Waals surface area (Å²) < 4.78 is 0. The lowest BCUT2D eigenvalue weighted by molar-refractivity contribution is -0.123. The molecule has 4 nitrogen and oxygen atoms in total. The van der Waals surface area contributed by atoms with Crippen LogP contribution in [-0.4, -0.2) is 42.5 Å². The van der Waals surface area contributed by atoms with Crippen LogP contribution in [0.4, 0.5) is 0 Å². The number of hydrogen-bond donors (Lipinski definition) is 2. The van der Waals surface area contributed by atoms with Gasteiger partial charge in [0.1, 0.15) is 0 Å². The first-order valence-corrected chi connectivity index (χ1v) is 6.45. The molecular formula is C12H23N3O. The third-order valence-electron chi connectivity index (χ3n) is 4.12. The second-order valence-corrected chi connectivity index (χ2v) is 5.18. The molecule has 0 saturated carbocycles. The van der Waals surface area contributed by atoms with E-state index in [-0.39, 0.29) is 11.9 Å². The Morgan fingerprint density at radius 2 is 2.25 bits per heavy atom. The van der Waals surface area contributed by atoms with Gasteiger partial charge in [-0.3, -0.25) is 9.69 Å². The van der Waals surface area contributed by atoms with Crippen LogP contribution in [0, 0.1) is 5.92 Å². The molecule has 0 radical (unpaired) electrons. The molecular weight excluding hydrogens is 202 g/mol. The average Bonchev–Trinajstić information content (AvgIpc) is 2.81. The minimum Gasteiger partial charge on any atom is -0.368 e. The number of amides is 1. The van der Waals surface area contributed by atoms with Gasteiger partial charge in [0, 0.05) is 12.6 Å². The quantitative estimate of drug-likeness (QED) is 0.727. The van der Waals surface area contributed by atoms with Crippen molar-refractivity contribution in [3.8, 4) is 0 Å². The molecule has 92 valence electrons. The summed E-state index contributed by atoms with van der Waals surface area (Å²) in [6, 6.07) is 0.562. The van der Waals surface area contributed by atoms with Gasteiger partial charge in [-0.05, 0) is 51.6 Å². The lowest BCUT2D eigenvalue weighted by Gasteiger charge is -2.38. The van der Waals surface area contributed by atoms with E-state index in [1.165, 1.54) is 25.7 Å². The van der Waals surface area contributed by atoms with Crippen LogP contribution in [-0.2, 0) is 4.79 Å². The van der Waals surface area contributed by atoms with Crippen LogP contribution >= 0.6 is 0 Å². The maximum atomic E-state index is 11.2. The molecule has 2 fully saturated rings. The summed E-state index contributed by atoms with van der Waals surface area (Å²) in [7, 11) is 0. The highest BCUT2D eigenvalue weighted by molar-refractivity contribution is 5.79. The van der Waals surface area contributed by atoms with Crippen molar-refractivity contribution in [1.29, 1.82) is 0 Å². The van der Waals surface area contributed by atoms with Gasteiger partial charge in [0.15, 0.2) is 0 Å². The molecule has 0 bridgehead atoms. The van der Waals surface area contributed by atoms with Crippen molar-refractivity contribution in [2.45, 2.75) is 44.7 Å². The number of likely N-dealkylation sites (tertiary alicyclic amines) is 1. The topological polar surface area (TPSA) is 58.4 Å². The SMILES string of the molecule is CC(C(N)=O)N1CCCC(C2CCCN2)C1. The Bertz CT molecular complexity index is 251. The monoisotopic (exact) mass is 225 g/mol. The Morgan fingerprint density at radius 3 is 2.88 bits per heavy atom. The number of primary amides is 1. The summed E-state index contributed by atoms with van der Waals surface area (Å²) in [5.74, 6) is 0.512. The first-order valence-electron chi connectivity index (χ1n) is 6.45. The fourth-order valence-electron chi connectivity index (χ4n) is 3.01. The zero-order valence-electron chi connectivity index (χ0n) is 10.1. The van der Waals surface area contributed by atoms with Gasteiger partial charge in [-0.25, -0.2) is 0 Å². The lowest BCUT2D eigenvalue weighted by Crippen LogP contribution is -2.50. The number of piperidine rings is 1. The third-order valence-corrected chi connectivity index (χ3v) is 4.12. The van der Waals surface area contributed by atoms with Gasteiger partial charge < -0.3 is 11.1 Å². The molecule has 2 heterocycles. The van der Waals surface area contributed by atoms with Gasteiger partial charge in [-0.1, -0.05) is 0 Å². The van der Waals surface area contributed by atoms with Gasteiger partial charge in [0.25, 0.3) is 0 Å². The average molecular weight is 225 g/mol. The zero-order valence-corrected chi connectivity index (χ0v) is 10.1. The third kappa shape index (κ3) is 2.55. The molecule has 2 aliphatic heterocycles. The largest absolute Gasteiger partial charge is 0.368 e. The molecule has 16 heavy (non-hydrogen) atoms. The highest BCUT2D eigenvalue weighted by atomic mass is 16.1. The predicted molar refractivity (Wildman–Crippen MR) is 64.0 cm³/mol. The van der Waals surface area contributed by atoms with Gasteiger partial charge in [-0.2, -0.15) is 0 Å². The Kier molecular flexibility index (Phi) is 3.82. The van der Waals surface area contributed by atoms with Crippen molar-refractivity contribution in [3.63, 3.8) is 0 Å². The zero-order chi connectivity index (χ0) is 11.5. The molecule has 0 aromatic heterocycles. The van der Waals surface area contributed by atoms with Crippen LogP contribution in [0.2, 0.25) is 0 Å². The van der Waals surface area contributed by atoms with Crippen molar-refractivity contribution < 1.29 is 4.79 Å². The van der Waals surface area contributed by atoms with E-state index in [1.807, 2.05) is 6.92 Å². The number of rotatable bonds is 3. The first-order chi connectivity index (χ1) is 7.68. The van der Waals surface area contributed by atoms with Crippen LogP contribution in [0.15, 0.2) is 0 Å². The molecule has 2 saturated heterocycles. The molecule has 0 aliphatic carbocycles. The molecule has 0 aromatic carbocycles. The van der Waals surface area contributed by atoms with Gasteiger partial charge in [-0.15, -0.1) is 0 Å². The fourth-order valence-corrected chi connectivity index (χ4v) is 3.01. The minimum absolute atomic E-state index is 0.107. The maximum absolute atomic E-state index is 11.2. The molecule has 1 amide bonds. The minimum atomic E-state index is -0.194. The van der Waals surface area contributed by atoms with Crippen molar-refractivity contribution >= 4 is 5.91 Å². The molecule has 0 aromatic rings. The molecule has 0 spiro atoms. The Balaban J connectivity index is 1.90. The summed E-state index contributed by atoms with van der Waals surface area (Å²) in [6.07, 6.45) is 5.08. The first kappa shape index (κ1) is 11.9. The van der Waals surface area contributed by atoms with Crippen molar-refractivity contribution in [1.82, 2.24) is 10.2 Å². The van der Waals surface area contributed by atoms with E-state index in [9.17, 15) is 4.79 Å². The molecule has 2 aliphatic rings. The Hall–Kier alpha value is -0.610. The lowest BCUT2D eigenvalue weighted by atomic mass is 9.89. The molecule has 3 unspecified atom stereocenters. The van der Waals surface area contributed by atoms with E-state index in [0.29, 0.717) is 12.0 Å². The van der Waals surface area contributed by atoms with E-state index >= 15 is 0 Å². The number of carbonyl (C=O) groups is 1. The highest BCUT2D eigenvalue weighted by Gasteiger charge is 2.31. The van der Waals surface area contributed by atoms with Crippen molar-refractivity contribution in [2.24, 2.45) is 11.7 Å². The summed E-state index contributed by atoms with van der Waals surface area (Å²) in [6.45, 7) is 5.13. The van der Waals surface area contributed by atoms with E-state index in [4.69, 9.17) is 5.73 Å². The number of nitrogens with one attached hydrogen (secondary N) is 1. The van der Waals surface area contributed by atoms with Gasteiger partial charge in [0.05, 0.1) is 6.04 Å². The van der Waals surface area contributed by atoms with Crippen LogP contribution in [0.25, 0.3) is 0 Å². The van der Waals surface area contributed by atoms with E-state index < -0.39 is 0 Å². The fraction of sp³-hybridized carbons (Fsp3) is 0.917. The van der Waals surface area contributed by atoms with Crippen LogP contribution < -0.4 is 11.1 Å². The number of nitrogens with two attached hydrogens (primary N) is 1. The smallest absolute Gasteiger partial charge is 0.234 e. The summed E-state index contributed by atoms with van der Waals surface area (Å²) in [5, 5.41) is 3.57. The number of nitrogens with zero attached hydrogens (tertiary/aromatic N) is 1. The second kappa shape index (κ2) is 5.15. The van der Waals surface area contributed by atoms with Crippen LogP contribution in [0.3, 0.4) is 0 Å². The highest BCUT2D eigenvalue weighted by Crippen LogP contribution is 2.25.